The van der Waals surface area contributed by atoms with E-state index in [1.165, 1.54) is 36.5 Å². The molecule has 0 amide bonds. The SMILES string of the molecule is O=C(O)c1c(O)c(N=Nc2ccc(S(=O)(=O)Nc3nccs3)cc2)cc2ccccc12. The molecule has 0 unspecified atom stereocenters. The van der Waals surface area contributed by atoms with Crippen molar-refractivity contribution in [1.29, 1.82) is 0 Å². The van der Waals surface area contributed by atoms with Crippen LogP contribution in [-0.2, 0) is 10.0 Å². The first-order valence-corrected chi connectivity index (χ1v) is 11.1. The largest absolute Gasteiger partial charge is 0.505 e. The van der Waals surface area contributed by atoms with Crippen molar-refractivity contribution >= 4 is 54.6 Å². The maximum absolute atomic E-state index is 12.4. The van der Waals surface area contributed by atoms with Gasteiger partial charge in [0.05, 0.1) is 10.6 Å². The molecular weight excluding hydrogens is 440 g/mol. The fourth-order valence-electron chi connectivity index (χ4n) is 2.87. The van der Waals surface area contributed by atoms with Gasteiger partial charge in [0, 0.05) is 17.0 Å². The number of phenols is 1. The average molecular weight is 454 g/mol. The summed E-state index contributed by atoms with van der Waals surface area (Å²) in [5.74, 6) is -1.78. The third kappa shape index (κ3) is 4.22. The Morgan fingerprint density at radius 1 is 1.06 bits per heavy atom. The van der Waals surface area contributed by atoms with Gasteiger partial charge in [-0.15, -0.1) is 16.5 Å². The summed E-state index contributed by atoms with van der Waals surface area (Å²) in [5.41, 5.74) is 0.0395. The summed E-state index contributed by atoms with van der Waals surface area (Å²) in [6, 6.07) is 13.8. The highest BCUT2D eigenvalue weighted by atomic mass is 32.2. The van der Waals surface area contributed by atoms with Gasteiger partial charge >= 0.3 is 5.97 Å². The molecule has 0 atom stereocenters. The van der Waals surface area contributed by atoms with E-state index in [9.17, 15) is 23.4 Å². The Labute approximate surface area is 180 Å². The number of hydrogen-bond acceptors (Lipinski definition) is 8. The van der Waals surface area contributed by atoms with Gasteiger partial charge in [-0.1, -0.05) is 24.3 Å². The Hall–Kier alpha value is -3.83. The summed E-state index contributed by atoms with van der Waals surface area (Å²) in [5, 5.41) is 30.7. The summed E-state index contributed by atoms with van der Waals surface area (Å²) in [4.78, 5) is 15.5. The second-order valence-corrected chi connectivity index (χ2v) is 8.86. The van der Waals surface area contributed by atoms with Crippen molar-refractivity contribution in [1.82, 2.24) is 4.98 Å². The first-order chi connectivity index (χ1) is 14.8. The highest BCUT2D eigenvalue weighted by Crippen LogP contribution is 2.37. The maximum atomic E-state index is 12.4. The molecule has 3 aromatic carbocycles. The van der Waals surface area contributed by atoms with Gasteiger partial charge in [0.1, 0.15) is 11.3 Å². The number of carboxylic acid groups (broad SMARTS) is 1. The molecule has 156 valence electrons. The minimum Gasteiger partial charge on any atom is -0.505 e. The van der Waals surface area contributed by atoms with Crippen molar-refractivity contribution < 1.29 is 23.4 Å². The highest BCUT2D eigenvalue weighted by Gasteiger charge is 2.18. The monoisotopic (exact) mass is 454 g/mol. The van der Waals surface area contributed by atoms with E-state index in [2.05, 4.69) is 19.9 Å². The standard InChI is InChI=1S/C20H14N4O5S2/c25-18-16(11-12-3-1-2-4-15(12)17(18)19(26)27)23-22-13-5-7-14(8-6-13)31(28,29)24-20-21-9-10-30-20/h1-11,25H,(H,21,24)(H,26,27). The summed E-state index contributed by atoms with van der Waals surface area (Å²) in [6.07, 6.45) is 1.49. The summed E-state index contributed by atoms with van der Waals surface area (Å²) in [7, 11) is -3.79. The van der Waals surface area contributed by atoms with Crippen molar-refractivity contribution in [3.05, 3.63) is 71.7 Å². The summed E-state index contributed by atoms with van der Waals surface area (Å²) in [6.45, 7) is 0. The number of hydrogen-bond donors (Lipinski definition) is 3. The minimum atomic E-state index is -3.79. The van der Waals surface area contributed by atoms with Crippen LogP contribution >= 0.6 is 11.3 Å². The molecule has 1 aromatic heterocycles. The first kappa shape index (κ1) is 20.4. The van der Waals surface area contributed by atoms with E-state index in [4.69, 9.17) is 0 Å². The maximum Gasteiger partial charge on any atom is 0.340 e. The lowest BCUT2D eigenvalue weighted by molar-refractivity contribution is 0.0696. The van der Waals surface area contributed by atoms with E-state index in [1.807, 2.05) is 0 Å². The van der Waals surface area contributed by atoms with Crippen LogP contribution in [0.5, 0.6) is 5.75 Å². The normalized spacial score (nSPS) is 11.7. The number of sulfonamides is 1. The molecule has 0 saturated heterocycles. The van der Waals surface area contributed by atoms with Crippen molar-refractivity contribution in [3.63, 3.8) is 0 Å². The molecule has 9 nitrogen and oxygen atoms in total. The van der Waals surface area contributed by atoms with Gasteiger partial charge in [0.2, 0.25) is 0 Å². The summed E-state index contributed by atoms with van der Waals surface area (Å²) >= 11 is 1.16. The third-order valence-corrected chi connectivity index (χ3v) is 6.46. The van der Waals surface area contributed by atoms with Crippen molar-refractivity contribution in [3.8, 4) is 5.75 Å². The number of carbonyl (C=O) groups is 1. The van der Waals surface area contributed by atoms with Crippen LogP contribution in [0.4, 0.5) is 16.5 Å². The van der Waals surface area contributed by atoms with Gasteiger partial charge in [0.25, 0.3) is 10.0 Å². The molecule has 0 spiro atoms. The van der Waals surface area contributed by atoms with Crippen molar-refractivity contribution in [2.75, 3.05) is 4.72 Å². The number of thiazole rings is 1. The van der Waals surface area contributed by atoms with Crippen LogP contribution < -0.4 is 4.72 Å². The van der Waals surface area contributed by atoms with Crippen LogP contribution in [0.1, 0.15) is 10.4 Å². The van der Waals surface area contributed by atoms with E-state index in [1.54, 1.807) is 29.6 Å². The molecule has 1 heterocycles. The van der Waals surface area contributed by atoms with Gasteiger partial charge in [0.15, 0.2) is 10.9 Å². The fourth-order valence-corrected chi connectivity index (χ4v) is 4.65. The number of anilines is 1. The third-order valence-electron chi connectivity index (χ3n) is 4.29. The topological polar surface area (TPSA) is 141 Å². The Morgan fingerprint density at radius 3 is 2.48 bits per heavy atom. The molecule has 0 saturated carbocycles. The van der Waals surface area contributed by atoms with Crippen LogP contribution in [0.3, 0.4) is 0 Å². The van der Waals surface area contributed by atoms with E-state index < -0.39 is 21.7 Å². The van der Waals surface area contributed by atoms with Gasteiger partial charge in [-0.05, 0) is 35.7 Å². The Bertz CT molecular complexity index is 1400. The second-order valence-electron chi connectivity index (χ2n) is 6.28. The number of nitrogens with one attached hydrogen (secondary N) is 1. The van der Waals surface area contributed by atoms with Gasteiger partial charge in [-0.2, -0.15) is 5.11 Å². The number of nitrogens with zero attached hydrogens (tertiary/aromatic N) is 3. The number of carboxylic acids is 1. The van der Waals surface area contributed by atoms with E-state index in [0.717, 1.165) is 11.3 Å². The lowest BCUT2D eigenvalue weighted by Gasteiger charge is -2.07. The predicted molar refractivity (Wildman–Crippen MR) is 116 cm³/mol. The number of aromatic carboxylic acids is 1. The smallest absolute Gasteiger partial charge is 0.340 e. The molecule has 31 heavy (non-hydrogen) atoms. The zero-order chi connectivity index (χ0) is 22.0. The van der Waals surface area contributed by atoms with E-state index in [-0.39, 0.29) is 21.3 Å². The molecule has 0 radical (unpaired) electrons. The first-order valence-electron chi connectivity index (χ1n) is 8.77. The molecule has 0 aliphatic heterocycles. The molecule has 0 bridgehead atoms. The number of fused-ring (bicyclic) bond motifs is 1. The van der Waals surface area contributed by atoms with Crippen LogP contribution in [0, 0.1) is 0 Å². The van der Waals surface area contributed by atoms with Crippen LogP contribution in [-0.4, -0.2) is 29.6 Å². The molecule has 3 N–H and O–H groups in total. The van der Waals surface area contributed by atoms with E-state index >= 15 is 0 Å². The van der Waals surface area contributed by atoms with Crippen LogP contribution in [0.2, 0.25) is 0 Å². The molecule has 0 fully saturated rings. The summed E-state index contributed by atoms with van der Waals surface area (Å²) < 4.78 is 27.1. The van der Waals surface area contributed by atoms with Gasteiger partial charge in [-0.25, -0.2) is 18.2 Å². The lowest BCUT2D eigenvalue weighted by Crippen LogP contribution is -2.12. The average Bonchev–Trinajstić information content (AvgIpc) is 3.24. The molecular formula is C20H14N4O5S2. The molecule has 0 aliphatic carbocycles. The molecule has 4 aromatic rings. The van der Waals surface area contributed by atoms with Gasteiger partial charge in [-0.3, -0.25) is 4.72 Å². The zero-order valence-electron chi connectivity index (χ0n) is 15.6. The van der Waals surface area contributed by atoms with Crippen LogP contribution in [0.15, 0.2) is 81.3 Å². The Balaban J connectivity index is 1.63. The van der Waals surface area contributed by atoms with Crippen LogP contribution in [0.25, 0.3) is 10.8 Å². The fraction of sp³-hybridized carbons (Fsp3) is 0. The van der Waals surface area contributed by atoms with E-state index in [0.29, 0.717) is 16.5 Å². The number of azo groups is 1. The molecule has 11 heteroatoms. The van der Waals surface area contributed by atoms with Crippen molar-refractivity contribution in [2.24, 2.45) is 10.2 Å². The Morgan fingerprint density at radius 2 is 1.81 bits per heavy atom. The number of benzene rings is 3. The zero-order valence-corrected chi connectivity index (χ0v) is 17.3. The van der Waals surface area contributed by atoms with Crippen molar-refractivity contribution in [2.45, 2.75) is 4.90 Å². The molecule has 4 rings (SSSR count). The highest BCUT2D eigenvalue weighted by molar-refractivity contribution is 7.93. The van der Waals surface area contributed by atoms with Gasteiger partial charge < -0.3 is 10.2 Å². The second kappa shape index (κ2) is 8.13. The predicted octanol–water partition coefficient (Wildman–Crippen LogP) is 4.92. The lowest BCUT2D eigenvalue weighted by atomic mass is 10.0. The quantitative estimate of drug-likeness (QED) is 0.353. The number of aromatic nitrogens is 1. The number of aromatic hydroxyl groups is 1. The minimum absolute atomic E-state index is 0.0155. The Kier molecular flexibility index (Phi) is 5.36. The molecule has 0 aliphatic rings. The number of rotatable bonds is 6.